The van der Waals surface area contributed by atoms with Crippen molar-refractivity contribution in [3.8, 4) is 5.69 Å². The van der Waals surface area contributed by atoms with Crippen molar-refractivity contribution in [1.29, 1.82) is 0 Å². The largest absolute Gasteiger partial charge is 0.416 e. The molecule has 0 radical (unpaired) electrons. The SMILES string of the molecule is FC(F)(F)c1ccc(-n2cnc(I)c2I)c(Br)c1. The van der Waals surface area contributed by atoms with Gasteiger partial charge >= 0.3 is 6.18 Å². The highest BCUT2D eigenvalue weighted by Crippen LogP contribution is 2.34. The van der Waals surface area contributed by atoms with Crippen LogP contribution in [0.5, 0.6) is 0 Å². The number of hydrogen-bond donors (Lipinski definition) is 0. The van der Waals surface area contributed by atoms with Gasteiger partial charge in [-0.05, 0) is 79.3 Å². The lowest BCUT2D eigenvalue weighted by atomic mass is 10.2. The number of rotatable bonds is 1. The van der Waals surface area contributed by atoms with Crippen LogP contribution in [0.4, 0.5) is 13.2 Å². The van der Waals surface area contributed by atoms with E-state index in [4.69, 9.17) is 0 Å². The second-order valence-electron chi connectivity index (χ2n) is 3.36. The minimum absolute atomic E-state index is 0.379. The third-order valence-electron chi connectivity index (χ3n) is 2.20. The smallest absolute Gasteiger partial charge is 0.292 e. The van der Waals surface area contributed by atoms with Gasteiger partial charge in [0, 0.05) is 4.47 Å². The maximum Gasteiger partial charge on any atom is 0.416 e. The van der Waals surface area contributed by atoms with Gasteiger partial charge in [-0.15, -0.1) is 0 Å². The summed E-state index contributed by atoms with van der Waals surface area (Å²) in [5.74, 6) is 0. The van der Waals surface area contributed by atoms with Crippen LogP contribution in [0.25, 0.3) is 5.69 Å². The second-order valence-corrected chi connectivity index (χ2v) is 6.26. The monoisotopic (exact) mass is 542 g/mol. The summed E-state index contributed by atoms with van der Waals surface area (Å²) in [4.78, 5) is 4.10. The molecule has 0 saturated carbocycles. The van der Waals surface area contributed by atoms with Crippen molar-refractivity contribution < 1.29 is 13.2 Å². The fraction of sp³-hybridized carbons (Fsp3) is 0.100. The standard InChI is InChI=1S/C10H4BrF3I2N2/c11-6-3-5(10(12,13)14)1-2-7(6)18-4-17-8(15)9(18)16/h1-4H. The highest BCUT2D eigenvalue weighted by molar-refractivity contribution is 14.1. The van der Waals surface area contributed by atoms with E-state index in [2.05, 4.69) is 66.1 Å². The zero-order valence-corrected chi connectivity index (χ0v) is 14.4. The molecule has 2 rings (SSSR count). The van der Waals surface area contributed by atoms with Gasteiger partial charge in [-0.1, -0.05) is 0 Å². The molecule has 0 aliphatic heterocycles. The molecular formula is C10H4BrF3I2N2. The first-order valence-corrected chi connectivity index (χ1v) is 7.51. The van der Waals surface area contributed by atoms with Crippen molar-refractivity contribution in [2.75, 3.05) is 0 Å². The topological polar surface area (TPSA) is 17.8 Å². The van der Waals surface area contributed by atoms with Crippen LogP contribution in [0.15, 0.2) is 29.0 Å². The molecule has 8 heteroatoms. The minimum Gasteiger partial charge on any atom is -0.292 e. The van der Waals surface area contributed by atoms with Crippen LogP contribution in [0, 0.1) is 7.40 Å². The summed E-state index contributed by atoms with van der Waals surface area (Å²) < 4.78 is 41.4. The Balaban J connectivity index is 2.52. The molecule has 1 aromatic heterocycles. The molecule has 2 nitrogen and oxygen atoms in total. The van der Waals surface area contributed by atoms with Gasteiger partial charge in [-0.2, -0.15) is 13.2 Å². The fourth-order valence-electron chi connectivity index (χ4n) is 1.36. The molecule has 0 atom stereocenters. The van der Waals surface area contributed by atoms with Crippen LogP contribution in [0.1, 0.15) is 5.56 Å². The maximum atomic E-state index is 12.5. The number of nitrogens with zero attached hydrogens (tertiary/aromatic N) is 2. The molecule has 18 heavy (non-hydrogen) atoms. The summed E-state index contributed by atoms with van der Waals surface area (Å²) in [5, 5.41) is 0. The molecule has 96 valence electrons. The molecule has 0 saturated heterocycles. The van der Waals surface area contributed by atoms with Crippen LogP contribution in [0.2, 0.25) is 0 Å². The quantitative estimate of drug-likeness (QED) is 0.471. The third-order valence-corrected chi connectivity index (χ3v) is 5.69. The number of halogens is 6. The first-order valence-electron chi connectivity index (χ1n) is 4.56. The zero-order valence-electron chi connectivity index (χ0n) is 8.47. The van der Waals surface area contributed by atoms with Crippen LogP contribution in [0.3, 0.4) is 0 Å². The molecule has 0 aliphatic rings. The first-order chi connectivity index (χ1) is 8.30. The molecule has 0 spiro atoms. The molecule has 1 heterocycles. The molecule has 0 amide bonds. The van der Waals surface area contributed by atoms with E-state index in [0.717, 1.165) is 19.5 Å². The van der Waals surface area contributed by atoms with Crippen molar-refractivity contribution in [3.05, 3.63) is 42.0 Å². The predicted octanol–water partition coefficient (Wildman–Crippen LogP) is 4.86. The van der Waals surface area contributed by atoms with E-state index in [0.29, 0.717) is 10.2 Å². The van der Waals surface area contributed by atoms with E-state index in [-0.39, 0.29) is 0 Å². The summed E-state index contributed by atoms with van der Waals surface area (Å²) >= 11 is 7.33. The fourth-order valence-corrected chi connectivity index (χ4v) is 2.84. The van der Waals surface area contributed by atoms with Crippen molar-refractivity contribution >= 4 is 61.1 Å². The summed E-state index contributed by atoms with van der Waals surface area (Å²) in [5.41, 5.74) is -0.0502. The Morgan fingerprint density at radius 1 is 1.22 bits per heavy atom. The molecule has 0 fully saturated rings. The summed E-state index contributed by atoms with van der Waals surface area (Å²) in [7, 11) is 0. The summed E-state index contributed by atoms with van der Waals surface area (Å²) in [6.07, 6.45) is -2.76. The van der Waals surface area contributed by atoms with E-state index in [1.54, 1.807) is 10.9 Å². The van der Waals surface area contributed by atoms with Gasteiger partial charge in [0.2, 0.25) is 0 Å². The maximum absolute atomic E-state index is 12.5. The van der Waals surface area contributed by atoms with Gasteiger partial charge in [-0.25, -0.2) is 4.98 Å². The van der Waals surface area contributed by atoms with Crippen molar-refractivity contribution in [2.24, 2.45) is 0 Å². The van der Waals surface area contributed by atoms with E-state index >= 15 is 0 Å². The Labute approximate surface area is 136 Å². The molecule has 2 aromatic rings. The average molecular weight is 543 g/mol. The predicted molar refractivity (Wildman–Crippen MR) is 81.7 cm³/mol. The Morgan fingerprint density at radius 3 is 2.33 bits per heavy atom. The van der Waals surface area contributed by atoms with Crippen molar-refractivity contribution in [2.45, 2.75) is 6.18 Å². The van der Waals surface area contributed by atoms with Gasteiger partial charge in [-0.3, -0.25) is 4.57 Å². The average Bonchev–Trinajstić information content (AvgIpc) is 2.59. The van der Waals surface area contributed by atoms with E-state index in [9.17, 15) is 13.2 Å². The summed E-state index contributed by atoms with van der Waals surface area (Å²) in [6.45, 7) is 0. The molecule has 1 aromatic carbocycles. The van der Waals surface area contributed by atoms with E-state index in [1.165, 1.54) is 6.07 Å². The molecule has 0 bridgehead atoms. The van der Waals surface area contributed by atoms with Crippen molar-refractivity contribution in [3.63, 3.8) is 0 Å². The third kappa shape index (κ3) is 2.84. The van der Waals surface area contributed by atoms with Gasteiger partial charge in [0.05, 0.1) is 11.3 Å². The molecule has 0 N–H and O–H groups in total. The molecular weight excluding hydrogens is 539 g/mol. The van der Waals surface area contributed by atoms with Gasteiger partial charge < -0.3 is 0 Å². The number of aromatic nitrogens is 2. The highest BCUT2D eigenvalue weighted by atomic mass is 127. The van der Waals surface area contributed by atoms with Gasteiger partial charge in [0.15, 0.2) is 0 Å². The second kappa shape index (κ2) is 5.27. The van der Waals surface area contributed by atoms with Gasteiger partial charge in [0.25, 0.3) is 0 Å². The molecule has 0 unspecified atom stereocenters. The Bertz CT molecular complexity index is 595. The lowest BCUT2D eigenvalue weighted by Gasteiger charge is -2.11. The lowest BCUT2D eigenvalue weighted by Crippen LogP contribution is -2.06. The number of imidazole rings is 1. The minimum atomic E-state index is -4.34. The zero-order chi connectivity index (χ0) is 13.5. The van der Waals surface area contributed by atoms with Crippen molar-refractivity contribution in [1.82, 2.24) is 9.55 Å². The number of alkyl halides is 3. The van der Waals surface area contributed by atoms with Crippen LogP contribution in [-0.4, -0.2) is 9.55 Å². The number of hydrogen-bond acceptors (Lipinski definition) is 1. The number of benzene rings is 1. The van der Waals surface area contributed by atoms with E-state index in [1.807, 2.05) is 0 Å². The lowest BCUT2D eigenvalue weighted by molar-refractivity contribution is -0.137. The van der Waals surface area contributed by atoms with Crippen LogP contribution in [-0.2, 0) is 6.18 Å². The Kier molecular flexibility index (Phi) is 4.26. The Morgan fingerprint density at radius 2 is 1.89 bits per heavy atom. The van der Waals surface area contributed by atoms with E-state index < -0.39 is 11.7 Å². The van der Waals surface area contributed by atoms with Crippen LogP contribution >= 0.6 is 61.1 Å². The normalized spacial score (nSPS) is 11.9. The first kappa shape index (κ1) is 14.6. The molecule has 0 aliphatic carbocycles. The van der Waals surface area contributed by atoms with Gasteiger partial charge in [0.1, 0.15) is 13.7 Å². The summed E-state index contributed by atoms with van der Waals surface area (Å²) in [6, 6.07) is 3.55. The van der Waals surface area contributed by atoms with Crippen LogP contribution < -0.4 is 0 Å². The highest BCUT2D eigenvalue weighted by Gasteiger charge is 2.31. The Hall–Kier alpha value is 0.160.